The zero-order valence-corrected chi connectivity index (χ0v) is 13.6. The monoisotopic (exact) mass is 331 g/mol. The second kappa shape index (κ2) is 6.46. The van der Waals surface area contributed by atoms with E-state index >= 15 is 0 Å². The normalized spacial score (nSPS) is 17.3. The zero-order chi connectivity index (χ0) is 16.4. The van der Waals surface area contributed by atoms with Crippen LogP contribution in [0.25, 0.3) is 0 Å². The largest absolute Gasteiger partial charge is 0.369 e. The van der Waals surface area contributed by atoms with Crippen molar-refractivity contribution in [2.75, 3.05) is 18.0 Å². The first-order valence-electron chi connectivity index (χ1n) is 7.51. The average Bonchev–Trinajstić information content (AvgIpc) is 2.99. The van der Waals surface area contributed by atoms with Gasteiger partial charge >= 0.3 is 0 Å². The second-order valence-corrected chi connectivity index (χ2v) is 6.18. The molecule has 120 valence electrons. The summed E-state index contributed by atoms with van der Waals surface area (Å²) in [4.78, 5) is 26.1. The maximum Gasteiger partial charge on any atom is 0.251 e. The number of aromatic nitrogens is 1. The predicted octanol–water partition coefficient (Wildman–Crippen LogP) is 2.05. The maximum atomic E-state index is 12.3. The van der Waals surface area contributed by atoms with Gasteiger partial charge in [0.05, 0.1) is 0 Å². The highest BCUT2D eigenvalue weighted by Crippen LogP contribution is 2.22. The summed E-state index contributed by atoms with van der Waals surface area (Å²) in [5.41, 5.74) is 1.31. The van der Waals surface area contributed by atoms with E-state index in [1.807, 2.05) is 24.3 Å². The van der Waals surface area contributed by atoms with Gasteiger partial charge in [-0.15, -0.1) is 0 Å². The van der Waals surface area contributed by atoms with Gasteiger partial charge in [-0.2, -0.15) is 0 Å². The van der Waals surface area contributed by atoms with Gasteiger partial charge in [0.15, 0.2) is 0 Å². The van der Waals surface area contributed by atoms with E-state index in [9.17, 15) is 9.59 Å². The quantitative estimate of drug-likeness (QED) is 0.936. The molecular formula is C17H18ClN3O2. The van der Waals surface area contributed by atoms with Crippen LogP contribution in [0, 0.1) is 0 Å². The fraction of sp³-hybridized carbons (Fsp3) is 0.294. The molecule has 0 saturated carbocycles. The van der Waals surface area contributed by atoms with Crippen LogP contribution in [0.15, 0.2) is 47.4 Å². The number of halogens is 1. The van der Waals surface area contributed by atoms with Crippen molar-refractivity contribution in [2.24, 2.45) is 7.05 Å². The number of nitrogens with one attached hydrogen (secondary N) is 1. The average molecular weight is 332 g/mol. The lowest BCUT2D eigenvalue weighted by atomic mass is 10.2. The molecule has 1 fully saturated rings. The molecule has 1 aliphatic rings. The Kier molecular flexibility index (Phi) is 4.39. The van der Waals surface area contributed by atoms with E-state index in [1.165, 1.54) is 10.6 Å². The number of benzene rings is 1. The molecule has 2 aromatic rings. The third kappa shape index (κ3) is 3.56. The summed E-state index contributed by atoms with van der Waals surface area (Å²) in [6.45, 7) is 1.63. The van der Waals surface area contributed by atoms with E-state index in [0.717, 1.165) is 25.2 Å². The summed E-state index contributed by atoms with van der Waals surface area (Å²) in [6, 6.07) is 10.8. The number of nitrogens with zero attached hydrogens (tertiary/aromatic N) is 2. The third-order valence-corrected chi connectivity index (χ3v) is 4.33. The molecule has 0 unspecified atom stereocenters. The Hall–Kier alpha value is -2.27. The summed E-state index contributed by atoms with van der Waals surface area (Å²) in [5, 5.41) is 3.71. The molecule has 6 heteroatoms. The molecule has 1 amide bonds. The van der Waals surface area contributed by atoms with Crippen LogP contribution in [0.2, 0.25) is 5.02 Å². The molecule has 1 N–H and O–H groups in total. The zero-order valence-electron chi connectivity index (χ0n) is 12.8. The SMILES string of the molecule is Cn1ccc(C(=O)N[C@H]2CCN(c3ccc(Cl)cc3)C2)cc1=O. The summed E-state index contributed by atoms with van der Waals surface area (Å²) < 4.78 is 1.44. The van der Waals surface area contributed by atoms with Gasteiger partial charge in [-0.3, -0.25) is 9.59 Å². The van der Waals surface area contributed by atoms with Gasteiger partial charge in [0.2, 0.25) is 0 Å². The summed E-state index contributed by atoms with van der Waals surface area (Å²) in [7, 11) is 1.66. The van der Waals surface area contributed by atoms with Crippen molar-refractivity contribution >= 4 is 23.2 Å². The molecular weight excluding hydrogens is 314 g/mol. The van der Waals surface area contributed by atoms with Crippen LogP contribution in [0.3, 0.4) is 0 Å². The number of hydrogen-bond acceptors (Lipinski definition) is 3. The van der Waals surface area contributed by atoms with Gasteiger partial charge in [0, 0.05) is 54.7 Å². The highest BCUT2D eigenvalue weighted by molar-refractivity contribution is 6.30. The first-order chi connectivity index (χ1) is 11.0. The lowest BCUT2D eigenvalue weighted by molar-refractivity contribution is 0.0940. The van der Waals surface area contributed by atoms with Crippen LogP contribution in [0.1, 0.15) is 16.8 Å². The van der Waals surface area contributed by atoms with E-state index in [-0.39, 0.29) is 17.5 Å². The highest BCUT2D eigenvalue weighted by atomic mass is 35.5. The van der Waals surface area contributed by atoms with Crippen molar-refractivity contribution in [3.63, 3.8) is 0 Å². The number of hydrogen-bond donors (Lipinski definition) is 1. The Bertz CT molecular complexity index is 770. The first-order valence-corrected chi connectivity index (χ1v) is 7.89. The van der Waals surface area contributed by atoms with E-state index in [4.69, 9.17) is 11.6 Å². The molecule has 1 aliphatic heterocycles. The second-order valence-electron chi connectivity index (χ2n) is 5.75. The molecule has 2 heterocycles. The Labute approximate surface area is 139 Å². The number of carbonyl (C=O) groups excluding carboxylic acids is 1. The fourth-order valence-electron chi connectivity index (χ4n) is 2.72. The molecule has 23 heavy (non-hydrogen) atoms. The minimum atomic E-state index is -0.203. The van der Waals surface area contributed by atoms with Gasteiger partial charge in [0.1, 0.15) is 0 Å². The van der Waals surface area contributed by atoms with Crippen LogP contribution in [0.5, 0.6) is 0 Å². The number of aryl methyl sites for hydroxylation is 1. The lowest BCUT2D eigenvalue weighted by Gasteiger charge is -2.19. The smallest absolute Gasteiger partial charge is 0.251 e. The van der Waals surface area contributed by atoms with Crippen LogP contribution in [0.4, 0.5) is 5.69 Å². The number of amides is 1. The summed E-state index contributed by atoms with van der Waals surface area (Å²) >= 11 is 5.90. The topological polar surface area (TPSA) is 54.3 Å². The third-order valence-electron chi connectivity index (χ3n) is 4.08. The first kappa shape index (κ1) is 15.6. The molecule has 1 aromatic carbocycles. The number of carbonyl (C=O) groups is 1. The van der Waals surface area contributed by atoms with Gasteiger partial charge in [-0.1, -0.05) is 11.6 Å². The summed E-state index contributed by atoms with van der Waals surface area (Å²) in [5.74, 6) is -0.203. The number of anilines is 1. The van der Waals surface area contributed by atoms with Crippen molar-refractivity contribution in [1.82, 2.24) is 9.88 Å². The van der Waals surface area contributed by atoms with Gasteiger partial charge in [-0.25, -0.2) is 0 Å². The van der Waals surface area contributed by atoms with Crippen molar-refractivity contribution in [3.05, 3.63) is 63.5 Å². The standard InChI is InChI=1S/C17H18ClN3O2/c1-20-8-6-12(10-16(20)22)17(23)19-14-7-9-21(11-14)15-4-2-13(18)3-5-15/h2-6,8,10,14H,7,9,11H2,1H3,(H,19,23)/t14-/m0/s1. The van der Waals surface area contributed by atoms with Crippen molar-refractivity contribution in [2.45, 2.75) is 12.5 Å². The lowest BCUT2D eigenvalue weighted by Crippen LogP contribution is -2.37. The maximum absolute atomic E-state index is 12.3. The van der Waals surface area contributed by atoms with Crippen molar-refractivity contribution < 1.29 is 4.79 Å². The number of rotatable bonds is 3. The van der Waals surface area contributed by atoms with Crippen LogP contribution >= 0.6 is 11.6 Å². The van der Waals surface area contributed by atoms with E-state index < -0.39 is 0 Å². The minimum absolute atomic E-state index is 0.0715. The molecule has 3 rings (SSSR count). The van der Waals surface area contributed by atoms with Crippen LogP contribution in [-0.4, -0.2) is 29.6 Å². The Morgan fingerprint density at radius 2 is 2.00 bits per heavy atom. The molecule has 1 aromatic heterocycles. The Morgan fingerprint density at radius 1 is 1.26 bits per heavy atom. The molecule has 1 atom stereocenters. The summed E-state index contributed by atoms with van der Waals surface area (Å²) in [6.07, 6.45) is 2.48. The van der Waals surface area contributed by atoms with Crippen molar-refractivity contribution in [3.8, 4) is 0 Å². The van der Waals surface area contributed by atoms with Crippen molar-refractivity contribution in [1.29, 1.82) is 0 Å². The fourth-order valence-corrected chi connectivity index (χ4v) is 2.85. The minimum Gasteiger partial charge on any atom is -0.369 e. The molecule has 5 nitrogen and oxygen atoms in total. The van der Waals surface area contributed by atoms with E-state index in [2.05, 4.69) is 10.2 Å². The van der Waals surface area contributed by atoms with Crippen LogP contribution in [-0.2, 0) is 7.05 Å². The Morgan fingerprint density at radius 3 is 2.70 bits per heavy atom. The van der Waals surface area contributed by atoms with Gasteiger partial charge in [0.25, 0.3) is 11.5 Å². The highest BCUT2D eigenvalue weighted by Gasteiger charge is 2.24. The molecule has 0 bridgehead atoms. The molecule has 0 spiro atoms. The number of pyridine rings is 1. The molecule has 0 aliphatic carbocycles. The van der Waals surface area contributed by atoms with Gasteiger partial charge < -0.3 is 14.8 Å². The molecule has 1 saturated heterocycles. The predicted molar refractivity (Wildman–Crippen MR) is 91.2 cm³/mol. The Balaban J connectivity index is 1.63. The van der Waals surface area contributed by atoms with E-state index in [1.54, 1.807) is 19.3 Å². The molecule has 0 radical (unpaired) electrons. The van der Waals surface area contributed by atoms with Crippen LogP contribution < -0.4 is 15.8 Å². The van der Waals surface area contributed by atoms with E-state index in [0.29, 0.717) is 10.6 Å². The van der Waals surface area contributed by atoms with Gasteiger partial charge in [-0.05, 0) is 36.8 Å².